The van der Waals surface area contributed by atoms with E-state index in [0.29, 0.717) is 12.3 Å². The van der Waals surface area contributed by atoms with Gasteiger partial charge in [-0.2, -0.15) is 0 Å². The van der Waals surface area contributed by atoms with Gasteiger partial charge >= 0.3 is 6.03 Å². The van der Waals surface area contributed by atoms with E-state index in [2.05, 4.69) is 20.9 Å². The number of hydrogen-bond acceptors (Lipinski definition) is 8. The third kappa shape index (κ3) is 10.4. The number of likely N-dealkylation sites (tertiary alicyclic amines) is 1. The maximum atomic E-state index is 12.5. The fourth-order valence-corrected chi connectivity index (χ4v) is 6.81. The fourth-order valence-electron chi connectivity index (χ4n) is 6.05. The van der Waals surface area contributed by atoms with Crippen LogP contribution in [0.3, 0.4) is 0 Å². The first kappa shape index (κ1) is 34.6. The summed E-state index contributed by atoms with van der Waals surface area (Å²) in [7, 11) is 1.90. The fraction of sp³-hybridized carbons (Fsp3) is 0.742. The molecule has 1 aromatic rings. The second kappa shape index (κ2) is 15.7. The quantitative estimate of drug-likeness (QED) is 0.219. The number of carbonyl (C=O) groups excluding carboxylic acids is 5. The molecule has 11 nitrogen and oxygen atoms in total. The molecule has 0 bridgehead atoms. The Balaban J connectivity index is 0.000000238. The minimum Gasteiger partial charge on any atom is -0.363 e. The molecule has 240 valence electrons. The van der Waals surface area contributed by atoms with Crippen LogP contribution in [-0.4, -0.2) is 77.1 Å². The molecule has 3 aliphatic rings. The van der Waals surface area contributed by atoms with E-state index in [1.54, 1.807) is 17.5 Å². The van der Waals surface area contributed by atoms with Crippen LogP contribution in [0.4, 0.5) is 4.79 Å². The third-order valence-electron chi connectivity index (χ3n) is 9.01. The second-order valence-corrected chi connectivity index (χ2v) is 14.5. The van der Waals surface area contributed by atoms with E-state index in [1.807, 2.05) is 38.1 Å². The summed E-state index contributed by atoms with van der Waals surface area (Å²) in [5, 5.41) is 11.7. The summed E-state index contributed by atoms with van der Waals surface area (Å²) in [5.41, 5.74) is 4.54. The van der Waals surface area contributed by atoms with E-state index in [4.69, 9.17) is 5.73 Å². The van der Waals surface area contributed by atoms with Gasteiger partial charge in [-0.15, -0.1) is 11.3 Å². The summed E-state index contributed by atoms with van der Waals surface area (Å²) in [5.74, 6) is -1.38. The van der Waals surface area contributed by atoms with Crippen LogP contribution in [0.25, 0.3) is 0 Å². The number of nitrogens with zero attached hydrogens (tertiary/aromatic N) is 2. The van der Waals surface area contributed by atoms with Crippen molar-refractivity contribution in [3.8, 4) is 0 Å². The number of hydrogen-bond donors (Lipinski definition) is 4. The number of nitrogens with one attached hydrogen (secondary N) is 3. The van der Waals surface area contributed by atoms with E-state index in [0.717, 1.165) is 82.0 Å². The zero-order valence-corrected chi connectivity index (χ0v) is 27.0. The number of urea groups is 1. The van der Waals surface area contributed by atoms with Crippen molar-refractivity contribution in [3.05, 3.63) is 16.6 Å². The normalized spacial score (nSPS) is 21.7. The van der Waals surface area contributed by atoms with Crippen molar-refractivity contribution in [2.24, 2.45) is 17.1 Å². The lowest BCUT2D eigenvalue weighted by atomic mass is 9.79. The van der Waals surface area contributed by atoms with Crippen LogP contribution in [0.1, 0.15) is 96.4 Å². The summed E-state index contributed by atoms with van der Waals surface area (Å²) < 4.78 is 0. The molecular weight excluding hydrogens is 568 g/mol. The van der Waals surface area contributed by atoms with Gasteiger partial charge < -0.3 is 26.5 Å². The molecule has 0 radical (unpaired) electrons. The average Bonchev–Trinajstić information content (AvgIpc) is 3.59. The Kier molecular flexibility index (Phi) is 12.7. The number of rotatable bonds is 11. The standard InChI is InChI=1S/C17H27N3O2S.C14H23N3O3/c1-16(2,3)13(12-21)19-15(22)20-17(7-5-4-6-8-17)11-14-18-9-10-23-14;1-17-7-3-6-11(17)14(20)16-10(12(18)13(15)19)8-9-4-2-5-9/h9-10,12-13H,4-8,11H2,1-3H3,(H2,19,20,22);9-11H,2-8H2,1H3,(H2,15,19)(H,16,20). The van der Waals surface area contributed by atoms with Gasteiger partial charge in [0.1, 0.15) is 6.29 Å². The van der Waals surface area contributed by atoms with Gasteiger partial charge in [-0.3, -0.25) is 19.3 Å². The molecule has 3 fully saturated rings. The SMILES string of the molecule is CC(C)(C)C(C=O)NC(=O)NC1(Cc2nccs2)CCCCC1.CN1CCCC1C(=O)NC(CC1CCC1)C(=O)C(N)=O. The van der Waals surface area contributed by atoms with Gasteiger partial charge in [0.2, 0.25) is 11.7 Å². The van der Waals surface area contributed by atoms with Crippen molar-refractivity contribution < 1.29 is 24.0 Å². The van der Waals surface area contributed by atoms with Gasteiger partial charge in [0.15, 0.2) is 0 Å². The summed E-state index contributed by atoms with van der Waals surface area (Å²) in [6, 6.07) is -1.70. The number of likely N-dealkylation sites (N-methyl/N-ethyl adjacent to an activating group) is 1. The van der Waals surface area contributed by atoms with Crippen LogP contribution in [0.15, 0.2) is 11.6 Å². The van der Waals surface area contributed by atoms with Crippen LogP contribution in [0.5, 0.6) is 0 Å². The summed E-state index contributed by atoms with van der Waals surface area (Å²) in [4.78, 5) is 65.3. The Morgan fingerprint density at radius 3 is 2.28 bits per heavy atom. The Labute approximate surface area is 259 Å². The average molecular weight is 619 g/mol. The molecule has 5 N–H and O–H groups in total. The first-order chi connectivity index (χ1) is 20.3. The number of amides is 4. The van der Waals surface area contributed by atoms with E-state index in [9.17, 15) is 24.0 Å². The second-order valence-electron chi connectivity index (χ2n) is 13.5. The lowest BCUT2D eigenvalue weighted by Gasteiger charge is -2.38. The van der Waals surface area contributed by atoms with Crippen molar-refractivity contribution in [1.82, 2.24) is 25.8 Å². The molecule has 2 heterocycles. The van der Waals surface area contributed by atoms with Gasteiger partial charge in [0, 0.05) is 23.5 Å². The zero-order valence-electron chi connectivity index (χ0n) is 26.2. The molecule has 1 saturated heterocycles. The number of ketones is 1. The van der Waals surface area contributed by atoms with Crippen molar-refractivity contribution in [2.75, 3.05) is 13.6 Å². The molecule has 1 aliphatic heterocycles. The monoisotopic (exact) mass is 618 g/mol. The number of carbonyl (C=O) groups is 5. The Hall–Kier alpha value is -2.86. The lowest BCUT2D eigenvalue weighted by Crippen LogP contribution is -2.57. The highest BCUT2D eigenvalue weighted by molar-refractivity contribution is 7.09. The highest BCUT2D eigenvalue weighted by Crippen LogP contribution is 2.32. The molecule has 12 heteroatoms. The molecule has 1 aromatic heterocycles. The number of primary amides is 1. The van der Waals surface area contributed by atoms with E-state index in [1.165, 1.54) is 6.42 Å². The maximum Gasteiger partial charge on any atom is 0.315 e. The van der Waals surface area contributed by atoms with Crippen LogP contribution in [-0.2, 0) is 25.6 Å². The van der Waals surface area contributed by atoms with Gasteiger partial charge in [-0.05, 0) is 57.0 Å². The number of Topliss-reactive ketones (excluding diaryl/α,β-unsaturated/α-hetero) is 1. The predicted octanol–water partition coefficient (Wildman–Crippen LogP) is 3.11. The Bertz CT molecular complexity index is 1090. The van der Waals surface area contributed by atoms with E-state index >= 15 is 0 Å². The summed E-state index contributed by atoms with van der Waals surface area (Å²) in [6.45, 7) is 6.71. The van der Waals surface area contributed by atoms with Crippen LogP contribution >= 0.6 is 11.3 Å². The highest BCUT2D eigenvalue weighted by Gasteiger charge is 2.37. The molecule has 0 spiro atoms. The Morgan fingerprint density at radius 2 is 1.79 bits per heavy atom. The van der Waals surface area contributed by atoms with Gasteiger partial charge in [-0.25, -0.2) is 9.78 Å². The molecular formula is C31H50N6O5S. The van der Waals surface area contributed by atoms with Gasteiger partial charge in [0.25, 0.3) is 5.91 Å². The van der Waals surface area contributed by atoms with Crippen LogP contribution in [0, 0.1) is 11.3 Å². The van der Waals surface area contributed by atoms with Crippen molar-refractivity contribution in [1.29, 1.82) is 0 Å². The first-order valence-electron chi connectivity index (χ1n) is 15.6. The van der Waals surface area contributed by atoms with Crippen LogP contribution in [0.2, 0.25) is 0 Å². The Morgan fingerprint density at radius 1 is 1.09 bits per heavy atom. The minimum absolute atomic E-state index is 0.163. The highest BCUT2D eigenvalue weighted by atomic mass is 32.1. The number of nitrogens with two attached hydrogens (primary N) is 1. The largest absolute Gasteiger partial charge is 0.363 e. The number of aldehydes is 1. The molecule has 3 unspecified atom stereocenters. The predicted molar refractivity (Wildman–Crippen MR) is 166 cm³/mol. The van der Waals surface area contributed by atoms with Crippen LogP contribution < -0.4 is 21.7 Å². The molecule has 0 aromatic carbocycles. The topological polar surface area (TPSA) is 164 Å². The number of thiazole rings is 1. The summed E-state index contributed by atoms with van der Waals surface area (Å²) in [6.07, 6.45) is 14.3. The molecule has 4 rings (SSSR count). The minimum atomic E-state index is -0.964. The third-order valence-corrected chi connectivity index (χ3v) is 9.79. The molecule has 2 saturated carbocycles. The molecule has 4 amide bonds. The molecule has 43 heavy (non-hydrogen) atoms. The molecule has 3 atom stereocenters. The van der Waals surface area contributed by atoms with E-state index in [-0.39, 0.29) is 28.9 Å². The first-order valence-corrected chi connectivity index (χ1v) is 16.5. The maximum absolute atomic E-state index is 12.5. The van der Waals surface area contributed by atoms with E-state index < -0.39 is 23.8 Å². The lowest BCUT2D eigenvalue weighted by molar-refractivity contribution is -0.139. The number of aromatic nitrogens is 1. The smallest absolute Gasteiger partial charge is 0.315 e. The van der Waals surface area contributed by atoms with Gasteiger partial charge in [0.05, 0.1) is 23.1 Å². The van der Waals surface area contributed by atoms with Crippen molar-refractivity contribution in [2.45, 2.75) is 121 Å². The molecule has 2 aliphatic carbocycles. The summed E-state index contributed by atoms with van der Waals surface area (Å²) >= 11 is 1.63. The van der Waals surface area contributed by atoms with Crippen molar-refractivity contribution in [3.63, 3.8) is 0 Å². The van der Waals surface area contributed by atoms with Crippen molar-refractivity contribution >= 4 is 41.3 Å². The zero-order chi connectivity index (χ0) is 31.6. The van der Waals surface area contributed by atoms with Gasteiger partial charge in [-0.1, -0.05) is 59.3 Å².